The van der Waals surface area contributed by atoms with E-state index in [2.05, 4.69) is 4.99 Å². The number of hydrogen-bond donors (Lipinski definition) is 1. The van der Waals surface area contributed by atoms with Gasteiger partial charge in [-0.15, -0.1) is 0 Å². The van der Waals surface area contributed by atoms with E-state index in [0.29, 0.717) is 29.6 Å². The lowest BCUT2D eigenvalue weighted by molar-refractivity contribution is 0.0660. The van der Waals surface area contributed by atoms with E-state index in [1.807, 2.05) is 89.8 Å². The summed E-state index contributed by atoms with van der Waals surface area (Å²) in [5, 5.41) is 10.1. The van der Waals surface area contributed by atoms with Crippen molar-refractivity contribution in [3.8, 4) is 17.2 Å². The first kappa shape index (κ1) is 22.0. The molecule has 1 N–H and O–H groups in total. The number of para-hydroxylation sites is 3. The maximum atomic E-state index is 11.1. The second-order valence-corrected chi connectivity index (χ2v) is 7.81. The Labute approximate surface area is 201 Å². The monoisotopic (exact) mass is 466 g/mol. The van der Waals surface area contributed by atoms with E-state index >= 15 is 0 Å². The Hall–Kier alpha value is -4.78. The van der Waals surface area contributed by atoms with Crippen molar-refractivity contribution in [2.24, 2.45) is 4.99 Å². The third-order valence-electron chi connectivity index (χ3n) is 5.50. The van der Waals surface area contributed by atoms with Gasteiger partial charge in [-0.3, -0.25) is 4.99 Å². The molecule has 0 saturated carbocycles. The molecule has 0 unspecified atom stereocenters. The van der Waals surface area contributed by atoms with E-state index in [9.17, 15) is 4.79 Å². The molecule has 174 valence electrons. The van der Waals surface area contributed by atoms with Crippen LogP contribution >= 0.6 is 0 Å². The summed E-state index contributed by atoms with van der Waals surface area (Å²) < 4.78 is 18.7. The molecule has 0 aliphatic heterocycles. The minimum atomic E-state index is -1.08. The van der Waals surface area contributed by atoms with Crippen LogP contribution in [0.15, 0.2) is 101 Å². The van der Waals surface area contributed by atoms with E-state index in [1.54, 1.807) is 13.2 Å². The van der Waals surface area contributed by atoms with Crippen molar-refractivity contribution in [2.75, 3.05) is 7.11 Å². The summed E-state index contributed by atoms with van der Waals surface area (Å²) in [5.74, 6) is 1.41. The second kappa shape index (κ2) is 9.61. The number of rotatable bonds is 8. The SMILES string of the molecule is COc1ccccc1Oc1ccc(N=Cc2cn(Cc3ccc(C(=O)O)o3)c3ccccc23)cc1. The zero-order valence-electron chi connectivity index (χ0n) is 18.9. The first-order valence-corrected chi connectivity index (χ1v) is 11.0. The van der Waals surface area contributed by atoms with Crippen LogP contribution in [0.5, 0.6) is 17.2 Å². The largest absolute Gasteiger partial charge is 0.493 e. The number of carbonyl (C=O) groups is 1. The first-order valence-electron chi connectivity index (χ1n) is 11.0. The fourth-order valence-corrected chi connectivity index (χ4v) is 3.83. The van der Waals surface area contributed by atoms with E-state index in [0.717, 1.165) is 22.2 Å². The number of nitrogens with zero attached hydrogens (tertiary/aromatic N) is 2. The number of fused-ring (bicyclic) bond motifs is 1. The molecule has 0 saturated heterocycles. The van der Waals surface area contributed by atoms with Crippen molar-refractivity contribution in [1.29, 1.82) is 0 Å². The third kappa shape index (κ3) is 4.79. The number of furan rings is 1. The molecule has 2 heterocycles. The number of hydrogen-bond acceptors (Lipinski definition) is 5. The zero-order valence-corrected chi connectivity index (χ0v) is 18.9. The summed E-state index contributed by atoms with van der Waals surface area (Å²) in [6, 6.07) is 26.1. The molecular weight excluding hydrogens is 444 g/mol. The number of benzene rings is 3. The Morgan fingerprint density at radius 1 is 0.971 bits per heavy atom. The Balaban J connectivity index is 1.36. The smallest absolute Gasteiger partial charge is 0.371 e. The molecule has 5 aromatic rings. The van der Waals surface area contributed by atoms with Crippen molar-refractivity contribution in [1.82, 2.24) is 4.57 Å². The highest BCUT2D eigenvalue weighted by atomic mass is 16.5. The van der Waals surface area contributed by atoms with Gasteiger partial charge in [-0.2, -0.15) is 0 Å². The van der Waals surface area contributed by atoms with Gasteiger partial charge in [0, 0.05) is 28.9 Å². The first-order chi connectivity index (χ1) is 17.1. The van der Waals surface area contributed by atoms with Crippen LogP contribution in [0, 0.1) is 0 Å². The molecule has 0 aliphatic carbocycles. The molecule has 0 amide bonds. The number of aliphatic imine (C=N–C) groups is 1. The van der Waals surface area contributed by atoms with Crippen molar-refractivity contribution in [2.45, 2.75) is 6.54 Å². The van der Waals surface area contributed by atoms with Gasteiger partial charge in [0.1, 0.15) is 11.5 Å². The number of carboxylic acids is 1. The summed E-state index contributed by atoms with van der Waals surface area (Å²) in [6.45, 7) is 0.413. The van der Waals surface area contributed by atoms with E-state index in [-0.39, 0.29) is 5.76 Å². The normalized spacial score (nSPS) is 11.2. The lowest BCUT2D eigenvalue weighted by Crippen LogP contribution is -1.97. The molecule has 0 bridgehead atoms. The van der Waals surface area contributed by atoms with Gasteiger partial charge in [0.25, 0.3) is 0 Å². The van der Waals surface area contributed by atoms with Gasteiger partial charge in [0.05, 0.1) is 19.3 Å². The maximum Gasteiger partial charge on any atom is 0.371 e. The highest BCUT2D eigenvalue weighted by Crippen LogP contribution is 2.31. The summed E-state index contributed by atoms with van der Waals surface area (Å²) >= 11 is 0. The van der Waals surface area contributed by atoms with Gasteiger partial charge in [-0.05, 0) is 54.6 Å². The molecule has 5 rings (SSSR count). The lowest BCUT2D eigenvalue weighted by Gasteiger charge is -2.09. The standard InChI is InChI=1S/C28H22N2O5/c1-33-25-8-4-5-9-26(25)34-21-12-10-20(11-13-21)29-16-19-17-30(24-7-3-2-6-23(19)24)18-22-14-15-27(35-22)28(31)32/h2-17H,18H2,1H3,(H,31,32). The fraction of sp³-hybridized carbons (Fsp3) is 0.0714. The maximum absolute atomic E-state index is 11.1. The predicted molar refractivity (Wildman–Crippen MR) is 133 cm³/mol. The molecule has 7 heteroatoms. The highest BCUT2D eigenvalue weighted by molar-refractivity contribution is 6.00. The van der Waals surface area contributed by atoms with Gasteiger partial charge in [-0.1, -0.05) is 30.3 Å². The van der Waals surface area contributed by atoms with Crippen LogP contribution in [0.1, 0.15) is 21.9 Å². The average Bonchev–Trinajstić information content (AvgIpc) is 3.49. The number of carboxylic acid groups (broad SMARTS) is 1. The van der Waals surface area contributed by atoms with Gasteiger partial charge in [0.2, 0.25) is 5.76 Å². The van der Waals surface area contributed by atoms with Crippen molar-refractivity contribution in [3.63, 3.8) is 0 Å². The molecule has 2 aromatic heterocycles. The van der Waals surface area contributed by atoms with Gasteiger partial charge in [-0.25, -0.2) is 4.79 Å². The molecule has 35 heavy (non-hydrogen) atoms. The number of ether oxygens (including phenoxy) is 2. The predicted octanol–water partition coefficient (Wildman–Crippen LogP) is 6.53. The van der Waals surface area contributed by atoms with Crippen molar-refractivity contribution < 1.29 is 23.8 Å². The molecule has 7 nitrogen and oxygen atoms in total. The van der Waals surface area contributed by atoms with Gasteiger partial charge in [0.15, 0.2) is 11.5 Å². The summed E-state index contributed by atoms with van der Waals surface area (Å²) in [5.41, 5.74) is 2.73. The van der Waals surface area contributed by atoms with Crippen LogP contribution in [0.3, 0.4) is 0 Å². The average molecular weight is 466 g/mol. The second-order valence-electron chi connectivity index (χ2n) is 7.81. The van der Waals surface area contributed by atoms with E-state index in [4.69, 9.17) is 19.0 Å². The van der Waals surface area contributed by atoms with Crippen LogP contribution in [0.25, 0.3) is 10.9 Å². The van der Waals surface area contributed by atoms with Crippen LogP contribution in [-0.2, 0) is 6.54 Å². The Morgan fingerprint density at radius 3 is 2.46 bits per heavy atom. The highest BCUT2D eigenvalue weighted by Gasteiger charge is 2.12. The minimum Gasteiger partial charge on any atom is -0.493 e. The van der Waals surface area contributed by atoms with Gasteiger partial charge < -0.3 is 23.6 Å². The minimum absolute atomic E-state index is 0.0728. The molecule has 0 radical (unpaired) electrons. The molecule has 0 fully saturated rings. The molecule has 0 atom stereocenters. The Morgan fingerprint density at radius 2 is 1.71 bits per heavy atom. The molecular formula is C28H22N2O5. The third-order valence-corrected chi connectivity index (χ3v) is 5.50. The molecule has 0 spiro atoms. The summed E-state index contributed by atoms with van der Waals surface area (Å²) in [4.78, 5) is 15.7. The topological polar surface area (TPSA) is 86.2 Å². The van der Waals surface area contributed by atoms with Crippen LogP contribution in [0.4, 0.5) is 5.69 Å². The quantitative estimate of drug-likeness (QED) is 0.263. The Bertz CT molecular complexity index is 1510. The fourth-order valence-electron chi connectivity index (χ4n) is 3.83. The summed E-state index contributed by atoms with van der Waals surface area (Å²) in [7, 11) is 1.61. The van der Waals surface area contributed by atoms with Crippen LogP contribution in [-0.4, -0.2) is 29.0 Å². The van der Waals surface area contributed by atoms with Crippen molar-refractivity contribution in [3.05, 3.63) is 108 Å². The number of methoxy groups -OCH3 is 1. The van der Waals surface area contributed by atoms with E-state index < -0.39 is 5.97 Å². The number of aromatic carboxylic acids is 1. The van der Waals surface area contributed by atoms with Crippen molar-refractivity contribution >= 4 is 28.8 Å². The van der Waals surface area contributed by atoms with Crippen LogP contribution in [0.2, 0.25) is 0 Å². The Kier molecular flexibility index (Phi) is 6.05. The zero-order chi connectivity index (χ0) is 24.2. The molecule has 3 aromatic carbocycles. The van der Waals surface area contributed by atoms with E-state index in [1.165, 1.54) is 6.07 Å². The van der Waals surface area contributed by atoms with Crippen LogP contribution < -0.4 is 9.47 Å². The van der Waals surface area contributed by atoms with Gasteiger partial charge >= 0.3 is 5.97 Å². The number of aromatic nitrogens is 1. The summed E-state index contributed by atoms with van der Waals surface area (Å²) in [6.07, 6.45) is 3.80. The lowest BCUT2D eigenvalue weighted by atomic mass is 10.2. The molecule has 0 aliphatic rings.